The Kier molecular flexibility index (Phi) is 3.95. The average Bonchev–Trinajstić information content (AvgIpc) is 2.63. The molecule has 0 spiro atoms. The summed E-state index contributed by atoms with van der Waals surface area (Å²) in [5.41, 5.74) is 1.87. The van der Waals surface area contributed by atoms with E-state index in [0.29, 0.717) is 23.8 Å². The quantitative estimate of drug-likeness (QED) is 0.602. The third-order valence-corrected chi connectivity index (χ3v) is 2.17. The van der Waals surface area contributed by atoms with E-state index in [1.807, 2.05) is 0 Å². The molecule has 0 saturated carbocycles. The van der Waals surface area contributed by atoms with Crippen LogP contribution in [0.2, 0.25) is 0 Å². The van der Waals surface area contributed by atoms with E-state index in [1.165, 1.54) is 11.3 Å². The summed E-state index contributed by atoms with van der Waals surface area (Å²) in [4.78, 5) is 15.2. The van der Waals surface area contributed by atoms with Gasteiger partial charge in [0.1, 0.15) is 5.00 Å². The van der Waals surface area contributed by atoms with E-state index in [0.717, 1.165) is 0 Å². The van der Waals surface area contributed by atoms with Crippen molar-refractivity contribution in [3.8, 4) is 12.3 Å². The lowest BCUT2D eigenvalue weighted by Gasteiger charge is -2.02. The number of anilines is 1. The molecule has 0 bridgehead atoms. The van der Waals surface area contributed by atoms with Gasteiger partial charge in [-0.05, 0) is 6.92 Å². The van der Waals surface area contributed by atoms with Gasteiger partial charge in [0.25, 0.3) is 0 Å². The minimum atomic E-state index is -0.423. The highest BCUT2D eigenvalue weighted by Crippen LogP contribution is 2.20. The second-order valence-corrected chi connectivity index (χ2v) is 3.16. The molecule has 0 saturated heterocycles. The zero-order valence-electron chi connectivity index (χ0n) is 7.74. The van der Waals surface area contributed by atoms with Gasteiger partial charge in [-0.2, -0.15) is 0 Å². The Morgan fingerprint density at radius 3 is 3.29 bits per heavy atom. The van der Waals surface area contributed by atoms with E-state index in [9.17, 15) is 4.79 Å². The predicted molar refractivity (Wildman–Crippen MR) is 55.4 cm³/mol. The molecule has 0 radical (unpaired) electrons. The van der Waals surface area contributed by atoms with Gasteiger partial charge in [0, 0.05) is 0 Å². The number of ether oxygens (including phenoxy) is 1. The summed E-state index contributed by atoms with van der Waals surface area (Å²) in [5.74, 6) is 2.00. The molecule has 0 aliphatic heterocycles. The molecule has 1 aromatic rings. The molecule has 74 valence electrons. The van der Waals surface area contributed by atoms with E-state index < -0.39 is 5.97 Å². The van der Waals surface area contributed by atoms with Gasteiger partial charge in [-0.1, -0.05) is 5.92 Å². The lowest BCUT2D eigenvalue weighted by molar-refractivity contribution is 0.0521. The molecular formula is C9H10N2O2S. The first kappa shape index (κ1) is 10.5. The highest BCUT2D eigenvalue weighted by Gasteiger charge is 2.14. The topological polar surface area (TPSA) is 51.2 Å². The fraction of sp³-hybridized carbons (Fsp3) is 0.333. The van der Waals surface area contributed by atoms with Crippen LogP contribution in [0.25, 0.3) is 0 Å². The SMILES string of the molecule is C#CCNc1scnc1C(=O)OCC. The smallest absolute Gasteiger partial charge is 0.360 e. The summed E-state index contributed by atoms with van der Waals surface area (Å²) in [7, 11) is 0. The number of hydrogen-bond donors (Lipinski definition) is 1. The first-order valence-corrected chi connectivity index (χ1v) is 4.95. The van der Waals surface area contributed by atoms with Crippen molar-refractivity contribution < 1.29 is 9.53 Å². The van der Waals surface area contributed by atoms with Crippen LogP contribution < -0.4 is 5.32 Å². The van der Waals surface area contributed by atoms with Crippen molar-refractivity contribution in [2.24, 2.45) is 0 Å². The zero-order chi connectivity index (χ0) is 10.4. The molecule has 1 aromatic heterocycles. The number of thiazole rings is 1. The van der Waals surface area contributed by atoms with Crippen LogP contribution in [0, 0.1) is 12.3 Å². The summed E-state index contributed by atoms with van der Waals surface area (Å²) in [6, 6.07) is 0. The number of nitrogens with one attached hydrogen (secondary N) is 1. The molecule has 0 aromatic carbocycles. The Labute approximate surface area is 86.3 Å². The van der Waals surface area contributed by atoms with Crippen molar-refractivity contribution in [1.29, 1.82) is 0 Å². The maximum atomic E-state index is 11.3. The summed E-state index contributed by atoms with van der Waals surface area (Å²) in [6.07, 6.45) is 5.09. The Morgan fingerprint density at radius 1 is 1.86 bits per heavy atom. The molecule has 1 heterocycles. The highest BCUT2D eigenvalue weighted by atomic mass is 32.1. The summed E-state index contributed by atoms with van der Waals surface area (Å²) in [6.45, 7) is 2.46. The molecule has 1 rings (SSSR count). The van der Waals surface area contributed by atoms with E-state index >= 15 is 0 Å². The Balaban J connectivity index is 2.72. The Hall–Kier alpha value is -1.54. The van der Waals surface area contributed by atoms with Gasteiger partial charge in [-0.15, -0.1) is 17.8 Å². The van der Waals surface area contributed by atoms with Crippen molar-refractivity contribution in [2.75, 3.05) is 18.5 Å². The molecular weight excluding hydrogens is 200 g/mol. The molecule has 0 unspecified atom stereocenters. The molecule has 0 amide bonds. The fourth-order valence-corrected chi connectivity index (χ4v) is 1.51. The summed E-state index contributed by atoms with van der Waals surface area (Å²) in [5, 5.41) is 3.56. The third-order valence-electron chi connectivity index (χ3n) is 1.39. The van der Waals surface area contributed by atoms with E-state index in [4.69, 9.17) is 11.2 Å². The van der Waals surface area contributed by atoms with Crippen LogP contribution in [0.5, 0.6) is 0 Å². The third kappa shape index (κ3) is 2.47. The molecule has 5 heteroatoms. The average molecular weight is 210 g/mol. The van der Waals surface area contributed by atoms with Crippen LogP contribution in [0.4, 0.5) is 5.00 Å². The number of hydrogen-bond acceptors (Lipinski definition) is 5. The van der Waals surface area contributed by atoms with Gasteiger partial charge in [0.2, 0.25) is 0 Å². The van der Waals surface area contributed by atoms with Gasteiger partial charge >= 0.3 is 5.97 Å². The Bertz CT molecular complexity index is 354. The number of rotatable bonds is 4. The predicted octanol–water partition coefficient (Wildman–Crippen LogP) is 1.36. The number of carbonyl (C=O) groups excluding carboxylic acids is 1. The molecule has 0 atom stereocenters. The molecule has 0 aliphatic rings. The van der Waals surface area contributed by atoms with Crippen molar-refractivity contribution in [3.05, 3.63) is 11.2 Å². The van der Waals surface area contributed by atoms with Crippen LogP contribution in [-0.2, 0) is 4.74 Å². The molecule has 1 N–H and O–H groups in total. The van der Waals surface area contributed by atoms with Crippen molar-refractivity contribution in [3.63, 3.8) is 0 Å². The monoisotopic (exact) mass is 210 g/mol. The van der Waals surface area contributed by atoms with E-state index in [2.05, 4.69) is 16.2 Å². The maximum Gasteiger partial charge on any atom is 0.360 e. The largest absolute Gasteiger partial charge is 0.461 e. The van der Waals surface area contributed by atoms with Gasteiger partial charge < -0.3 is 10.1 Å². The number of terminal acetylenes is 1. The minimum Gasteiger partial charge on any atom is -0.461 e. The Morgan fingerprint density at radius 2 is 2.64 bits per heavy atom. The highest BCUT2D eigenvalue weighted by molar-refractivity contribution is 7.14. The second-order valence-electron chi connectivity index (χ2n) is 2.31. The van der Waals surface area contributed by atoms with Gasteiger partial charge in [-0.3, -0.25) is 0 Å². The second kappa shape index (κ2) is 5.25. The molecule has 14 heavy (non-hydrogen) atoms. The lowest BCUT2D eigenvalue weighted by Crippen LogP contribution is -2.08. The molecule has 4 nitrogen and oxygen atoms in total. The first-order valence-electron chi connectivity index (χ1n) is 4.07. The minimum absolute atomic E-state index is 0.298. The lowest BCUT2D eigenvalue weighted by atomic mass is 10.4. The van der Waals surface area contributed by atoms with Crippen molar-refractivity contribution in [2.45, 2.75) is 6.92 Å². The standard InChI is InChI=1S/C9H10N2O2S/c1-3-5-10-8-7(11-6-14-8)9(12)13-4-2/h1,6,10H,4-5H2,2H3. The number of aromatic nitrogens is 1. The van der Waals surface area contributed by atoms with Crippen LogP contribution in [0.15, 0.2) is 5.51 Å². The molecule has 0 aliphatic carbocycles. The number of esters is 1. The maximum absolute atomic E-state index is 11.3. The normalized spacial score (nSPS) is 9.14. The molecule has 0 fully saturated rings. The van der Waals surface area contributed by atoms with Crippen LogP contribution in [-0.4, -0.2) is 24.1 Å². The summed E-state index contributed by atoms with van der Waals surface area (Å²) >= 11 is 1.33. The summed E-state index contributed by atoms with van der Waals surface area (Å²) < 4.78 is 4.82. The van der Waals surface area contributed by atoms with Crippen LogP contribution in [0.3, 0.4) is 0 Å². The zero-order valence-corrected chi connectivity index (χ0v) is 8.56. The van der Waals surface area contributed by atoms with Gasteiger partial charge in [0.15, 0.2) is 5.69 Å². The first-order chi connectivity index (χ1) is 6.79. The fourth-order valence-electron chi connectivity index (χ4n) is 0.848. The van der Waals surface area contributed by atoms with Gasteiger partial charge in [0.05, 0.1) is 18.7 Å². The van der Waals surface area contributed by atoms with Gasteiger partial charge in [-0.25, -0.2) is 9.78 Å². The van der Waals surface area contributed by atoms with E-state index in [1.54, 1.807) is 12.4 Å². The number of carbonyl (C=O) groups is 1. The van der Waals surface area contributed by atoms with Crippen LogP contribution in [0.1, 0.15) is 17.4 Å². The van der Waals surface area contributed by atoms with E-state index in [-0.39, 0.29) is 0 Å². The van der Waals surface area contributed by atoms with Crippen molar-refractivity contribution >= 4 is 22.3 Å². The number of nitrogens with zero attached hydrogens (tertiary/aromatic N) is 1. The van der Waals surface area contributed by atoms with Crippen molar-refractivity contribution in [1.82, 2.24) is 4.98 Å². The van der Waals surface area contributed by atoms with Crippen LogP contribution >= 0.6 is 11.3 Å².